The van der Waals surface area contributed by atoms with Crippen LogP contribution in [0.3, 0.4) is 0 Å². The zero-order chi connectivity index (χ0) is 13.6. The first kappa shape index (κ1) is 15.7. The highest BCUT2D eigenvalue weighted by atomic mass is 32.2. The van der Waals surface area contributed by atoms with E-state index in [4.69, 9.17) is 9.84 Å². The number of aliphatic carboxylic acids is 1. The molecule has 0 aromatic rings. The summed E-state index contributed by atoms with van der Waals surface area (Å²) >= 11 is 1.48. The summed E-state index contributed by atoms with van der Waals surface area (Å²) in [6, 6.07) is -1.05. The number of hydrogen-bond acceptors (Lipinski definition) is 5. The molecule has 0 aromatic carbocycles. The van der Waals surface area contributed by atoms with Crippen molar-refractivity contribution in [1.82, 2.24) is 4.72 Å². The predicted octanol–water partition coefficient (Wildman–Crippen LogP) is 0.291. The lowest BCUT2D eigenvalue weighted by Gasteiger charge is -2.16. The van der Waals surface area contributed by atoms with Gasteiger partial charge in [-0.05, 0) is 31.3 Å². The smallest absolute Gasteiger partial charge is 0.321 e. The van der Waals surface area contributed by atoms with Crippen molar-refractivity contribution in [2.24, 2.45) is 0 Å². The molecule has 6 nitrogen and oxygen atoms in total. The first-order valence-electron chi connectivity index (χ1n) is 5.78. The van der Waals surface area contributed by atoms with Gasteiger partial charge in [0.05, 0.1) is 11.9 Å². The van der Waals surface area contributed by atoms with Gasteiger partial charge in [-0.3, -0.25) is 4.79 Å². The molecule has 8 heteroatoms. The number of ether oxygens (including phenoxy) is 1. The highest BCUT2D eigenvalue weighted by Gasteiger charge is 2.28. The average molecular weight is 297 g/mol. The molecule has 0 radical (unpaired) electrons. The van der Waals surface area contributed by atoms with Crippen LogP contribution in [0.15, 0.2) is 0 Å². The van der Waals surface area contributed by atoms with Crippen LogP contribution < -0.4 is 4.72 Å². The van der Waals surface area contributed by atoms with Gasteiger partial charge in [0.25, 0.3) is 0 Å². The van der Waals surface area contributed by atoms with Crippen molar-refractivity contribution < 1.29 is 23.1 Å². The van der Waals surface area contributed by atoms with Crippen LogP contribution in [0, 0.1) is 0 Å². The summed E-state index contributed by atoms with van der Waals surface area (Å²) in [6.07, 6.45) is 3.39. The molecular formula is C10H19NO5S2. The van der Waals surface area contributed by atoms with E-state index in [1.807, 2.05) is 6.26 Å². The minimum absolute atomic E-state index is 0.157. The summed E-state index contributed by atoms with van der Waals surface area (Å²) in [5.41, 5.74) is 0. The van der Waals surface area contributed by atoms with E-state index in [1.165, 1.54) is 11.8 Å². The molecule has 2 N–H and O–H groups in total. The van der Waals surface area contributed by atoms with Gasteiger partial charge in [-0.1, -0.05) is 0 Å². The molecule has 0 amide bonds. The van der Waals surface area contributed by atoms with Gasteiger partial charge in [-0.15, -0.1) is 0 Å². The number of rotatable bonds is 8. The zero-order valence-corrected chi connectivity index (χ0v) is 11.9. The van der Waals surface area contributed by atoms with Crippen LogP contribution in [0.1, 0.15) is 19.3 Å². The van der Waals surface area contributed by atoms with E-state index >= 15 is 0 Å². The molecule has 1 unspecified atom stereocenters. The number of carboxylic acid groups (broad SMARTS) is 1. The Morgan fingerprint density at radius 3 is 2.83 bits per heavy atom. The van der Waals surface area contributed by atoms with E-state index < -0.39 is 22.0 Å². The van der Waals surface area contributed by atoms with Crippen LogP contribution in [-0.4, -0.2) is 56.0 Å². The monoisotopic (exact) mass is 297 g/mol. The standard InChI is InChI=1S/C10H19NO5S2/c1-17-6-4-9(10(12)13)11-18(14,15)7-8-3-2-5-16-8/h8-9,11H,2-7H2,1H3,(H,12,13)/t8?,9-/m1/s1. The molecule has 1 aliphatic rings. The Balaban J connectivity index is 2.52. The Bertz CT molecular complexity index is 364. The van der Waals surface area contributed by atoms with E-state index in [-0.39, 0.29) is 18.3 Å². The quantitative estimate of drug-likeness (QED) is 0.669. The van der Waals surface area contributed by atoms with Crippen LogP contribution in [-0.2, 0) is 19.6 Å². The highest BCUT2D eigenvalue weighted by molar-refractivity contribution is 7.98. The molecular weight excluding hydrogens is 278 g/mol. The summed E-state index contributed by atoms with van der Waals surface area (Å²) in [5, 5.41) is 8.96. The van der Waals surface area contributed by atoms with Crippen molar-refractivity contribution in [3.05, 3.63) is 0 Å². The second-order valence-electron chi connectivity index (χ2n) is 4.21. The molecule has 0 aromatic heterocycles. The van der Waals surface area contributed by atoms with E-state index in [9.17, 15) is 13.2 Å². The van der Waals surface area contributed by atoms with Gasteiger partial charge < -0.3 is 9.84 Å². The van der Waals surface area contributed by atoms with Gasteiger partial charge in [0.2, 0.25) is 10.0 Å². The lowest BCUT2D eigenvalue weighted by molar-refractivity contribution is -0.139. The average Bonchev–Trinajstić information content (AvgIpc) is 2.75. The number of carbonyl (C=O) groups is 1. The number of carboxylic acids is 1. The molecule has 0 spiro atoms. The molecule has 0 bridgehead atoms. The van der Waals surface area contributed by atoms with E-state index in [2.05, 4.69) is 4.72 Å². The second kappa shape index (κ2) is 7.32. The summed E-state index contributed by atoms with van der Waals surface area (Å²) in [6.45, 7) is 0.578. The number of thioether (sulfide) groups is 1. The van der Waals surface area contributed by atoms with Crippen molar-refractivity contribution in [2.45, 2.75) is 31.4 Å². The van der Waals surface area contributed by atoms with E-state index in [0.717, 1.165) is 6.42 Å². The van der Waals surface area contributed by atoms with Crippen LogP contribution in [0.25, 0.3) is 0 Å². The maximum absolute atomic E-state index is 11.8. The van der Waals surface area contributed by atoms with Gasteiger partial charge in [-0.2, -0.15) is 11.8 Å². The number of hydrogen-bond donors (Lipinski definition) is 2. The molecule has 1 fully saturated rings. The van der Waals surface area contributed by atoms with Crippen molar-refractivity contribution in [2.75, 3.05) is 24.4 Å². The fourth-order valence-corrected chi connectivity index (χ4v) is 3.73. The Labute approximate surface area is 112 Å². The second-order valence-corrected chi connectivity index (χ2v) is 6.99. The van der Waals surface area contributed by atoms with Gasteiger partial charge in [-0.25, -0.2) is 13.1 Å². The van der Waals surface area contributed by atoms with Crippen molar-refractivity contribution in [3.63, 3.8) is 0 Å². The number of sulfonamides is 1. The number of nitrogens with one attached hydrogen (secondary N) is 1. The van der Waals surface area contributed by atoms with Crippen molar-refractivity contribution in [1.29, 1.82) is 0 Å². The highest BCUT2D eigenvalue weighted by Crippen LogP contribution is 2.14. The SMILES string of the molecule is CSCC[C@@H](NS(=O)(=O)CC1CCCO1)C(=O)O. The van der Waals surface area contributed by atoms with Crippen molar-refractivity contribution >= 4 is 27.8 Å². The summed E-state index contributed by atoms with van der Waals surface area (Å²) in [4.78, 5) is 11.0. The minimum Gasteiger partial charge on any atom is -0.480 e. The van der Waals surface area contributed by atoms with E-state index in [1.54, 1.807) is 0 Å². The summed E-state index contributed by atoms with van der Waals surface area (Å²) < 4.78 is 31.1. The van der Waals surface area contributed by atoms with E-state index in [0.29, 0.717) is 18.8 Å². The first-order valence-corrected chi connectivity index (χ1v) is 8.82. The van der Waals surface area contributed by atoms with Crippen LogP contribution in [0.5, 0.6) is 0 Å². The van der Waals surface area contributed by atoms with Gasteiger partial charge >= 0.3 is 5.97 Å². The topological polar surface area (TPSA) is 92.7 Å². The van der Waals surface area contributed by atoms with Gasteiger partial charge in [0.15, 0.2) is 0 Å². The molecule has 0 saturated carbocycles. The Kier molecular flexibility index (Phi) is 6.40. The fraction of sp³-hybridized carbons (Fsp3) is 0.900. The Hall–Kier alpha value is -0.310. The van der Waals surface area contributed by atoms with Gasteiger partial charge in [0.1, 0.15) is 6.04 Å². The lowest BCUT2D eigenvalue weighted by atomic mass is 10.2. The third-order valence-electron chi connectivity index (χ3n) is 2.66. The molecule has 1 aliphatic heterocycles. The molecule has 106 valence electrons. The zero-order valence-electron chi connectivity index (χ0n) is 10.3. The fourth-order valence-electron chi connectivity index (χ4n) is 1.75. The molecule has 1 rings (SSSR count). The molecule has 2 atom stereocenters. The molecule has 1 heterocycles. The summed E-state index contributed by atoms with van der Waals surface area (Å²) in [5.74, 6) is -0.699. The molecule has 1 saturated heterocycles. The molecule has 0 aliphatic carbocycles. The minimum atomic E-state index is -3.60. The Morgan fingerprint density at radius 2 is 2.33 bits per heavy atom. The largest absolute Gasteiger partial charge is 0.480 e. The van der Waals surface area contributed by atoms with Crippen molar-refractivity contribution in [3.8, 4) is 0 Å². The maximum atomic E-state index is 11.8. The van der Waals surface area contributed by atoms with Crippen LogP contribution in [0.2, 0.25) is 0 Å². The normalized spacial score (nSPS) is 21.9. The molecule has 18 heavy (non-hydrogen) atoms. The third-order valence-corrected chi connectivity index (χ3v) is 4.76. The predicted molar refractivity (Wildman–Crippen MR) is 70.3 cm³/mol. The Morgan fingerprint density at radius 1 is 1.61 bits per heavy atom. The van der Waals surface area contributed by atoms with Crippen LogP contribution in [0.4, 0.5) is 0 Å². The maximum Gasteiger partial charge on any atom is 0.321 e. The van der Waals surface area contributed by atoms with Gasteiger partial charge in [0, 0.05) is 6.61 Å². The third kappa shape index (κ3) is 5.55. The van der Waals surface area contributed by atoms with Crippen LogP contribution >= 0.6 is 11.8 Å². The summed E-state index contributed by atoms with van der Waals surface area (Å²) in [7, 11) is -3.60. The lowest BCUT2D eigenvalue weighted by Crippen LogP contribution is -2.43. The first-order chi connectivity index (χ1) is 8.44.